The second-order valence-corrected chi connectivity index (χ2v) is 9.83. The highest BCUT2D eigenvalue weighted by Crippen LogP contribution is 2.15. The Hall–Kier alpha value is -2.11. The minimum Gasteiger partial charge on any atom is -0.308 e. The van der Waals surface area contributed by atoms with E-state index < -0.39 is 10.0 Å². The molecule has 2 N–H and O–H groups in total. The van der Waals surface area contributed by atoms with E-state index in [9.17, 15) is 8.42 Å². The number of hydrogen-bond donors (Lipinski definition) is 2. The fraction of sp³-hybridized carbons (Fsp3) is 0.462. The van der Waals surface area contributed by atoms with Gasteiger partial charge in [-0.2, -0.15) is 0 Å². The van der Waals surface area contributed by atoms with E-state index in [1.165, 1.54) is 63.4 Å². The third-order valence-electron chi connectivity index (χ3n) is 5.51. The van der Waals surface area contributed by atoms with Crippen molar-refractivity contribution < 1.29 is 8.42 Å². The molecule has 0 atom stereocenters. The van der Waals surface area contributed by atoms with Gasteiger partial charge < -0.3 is 5.43 Å². The van der Waals surface area contributed by atoms with Gasteiger partial charge in [0.05, 0.1) is 4.90 Å². The van der Waals surface area contributed by atoms with Crippen molar-refractivity contribution in [3.8, 4) is 0 Å². The number of nitrogens with one attached hydrogen (secondary N) is 2. The van der Waals surface area contributed by atoms with Crippen molar-refractivity contribution in [1.29, 1.82) is 0 Å². The molecular formula is C26H38N2O2S. The van der Waals surface area contributed by atoms with Gasteiger partial charge >= 0.3 is 0 Å². The van der Waals surface area contributed by atoms with Crippen molar-refractivity contribution in [1.82, 2.24) is 10.3 Å². The molecule has 4 nitrogen and oxygen atoms in total. The zero-order valence-corrected chi connectivity index (χ0v) is 19.7. The van der Waals surface area contributed by atoms with Crippen LogP contribution in [0.25, 0.3) is 5.70 Å². The first-order valence-electron chi connectivity index (χ1n) is 11.6. The maximum absolute atomic E-state index is 12.5. The van der Waals surface area contributed by atoms with Gasteiger partial charge in [-0.3, -0.25) is 0 Å². The molecule has 0 heterocycles. The van der Waals surface area contributed by atoms with Gasteiger partial charge in [0.1, 0.15) is 0 Å². The Labute approximate surface area is 189 Å². The SMILES string of the molecule is C=C(NNS(=O)(=O)c1ccc(CCCCCCCCCCCC)cc1)c1ccccc1. The van der Waals surface area contributed by atoms with Crippen LogP contribution in [0.2, 0.25) is 0 Å². The average Bonchev–Trinajstić information content (AvgIpc) is 2.79. The number of benzene rings is 2. The normalized spacial score (nSPS) is 11.4. The molecule has 170 valence electrons. The Bertz CT molecular complexity index is 862. The molecule has 2 aromatic carbocycles. The van der Waals surface area contributed by atoms with E-state index in [4.69, 9.17) is 0 Å². The van der Waals surface area contributed by atoms with Crippen LogP contribution in [-0.4, -0.2) is 8.42 Å². The quantitative estimate of drug-likeness (QED) is 0.227. The predicted molar refractivity (Wildman–Crippen MR) is 131 cm³/mol. The summed E-state index contributed by atoms with van der Waals surface area (Å²) >= 11 is 0. The molecule has 0 aliphatic rings. The van der Waals surface area contributed by atoms with Crippen LogP contribution < -0.4 is 10.3 Å². The van der Waals surface area contributed by atoms with Gasteiger partial charge in [0, 0.05) is 5.70 Å². The van der Waals surface area contributed by atoms with Crippen LogP contribution in [0, 0.1) is 0 Å². The first-order valence-corrected chi connectivity index (χ1v) is 13.1. The van der Waals surface area contributed by atoms with Crippen LogP contribution in [0.3, 0.4) is 0 Å². The molecule has 0 saturated carbocycles. The zero-order chi connectivity index (χ0) is 22.4. The summed E-state index contributed by atoms with van der Waals surface area (Å²) in [6.07, 6.45) is 14.2. The molecule has 0 aliphatic carbocycles. The molecule has 0 unspecified atom stereocenters. The van der Waals surface area contributed by atoms with E-state index in [0.717, 1.165) is 18.4 Å². The average molecular weight is 443 g/mol. The van der Waals surface area contributed by atoms with Crippen molar-refractivity contribution in [2.75, 3.05) is 0 Å². The van der Waals surface area contributed by atoms with Crippen molar-refractivity contribution in [3.63, 3.8) is 0 Å². The molecular weight excluding hydrogens is 404 g/mol. The molecule has 0 radical (unpaired) electrons. The smallest absolute Gasteiger partial charge is 0.257 e. The molecule has 0 fully saturated rings. The summed E-state index contributed by atoms with van der Waals surface area (Å²) < 4.78 is 25.0. The molecule has 2 aromatic rings. The van der Waals surface area contributed by atoms with E-state index >= 15 is 0 Å². The molecule has 0 bridgehead atoms. The molecule has 0 aromatic heterocycles. The minimum atomic E-state index is -3.65. The number of hydrazine groups is 1. The van der Waals surface area contributed by atoms with Gasteiger partial charge in [0.2, 0.25) is 0 Å². The highest BCUT2D eigenvalue weighted by atomic mass is 32.2. The fourth-order valence-corrected chi connectivity index (χ4v) is 4.42. The van der Waals surface area contributed by atoms with Crippen LogP contribution in [-0.2, 0) is 16.4 Å². The summed E-state index contributed by atoms with van der Waals surface area (Å²) in [7, 11) is -3.65. The predicted octanol–water partition coefficient (Wildman–Crippen LogP) is 6.60. The summed E-state index contributed by atoms with van der Waals surface area (Å²) in [5, 5.41) is 0. The van der Waals surface area contributed by atoms with Crippen LogP contribution >= 0.6 is 0 Å². The standard InChI is InChI=1S/C26H38N2O2S/c1-3-4-5-6-7-8-9-10-11-13-16-24-19-21-26(22-20-24)31(29,30)28-27-23(2)25-17-14-12-15-18-25/h12,14-15,17-22,27-28H,2-11,13,16H2,1H3. The summed E-state index contributed by atoms with van der Waals surface area (Å²) in [4.78, 5) is 2.65. The number of aryl methyl sites for hydroxylation is 1. The summed E-state index contributed by atoms with van der Waals surface area (Å²) in [5.74, 6) is 0. The Morgan fingerprint density at radius 3 is 1.90 bits per heavy atom. The largest absolute Gasteiger partial charge is 0.308 e. The Balaban J connectivity index is 1.66. The lowest BCUT2D eigenvalue weighted by Crippen LogP contribution is -2.35. The lowest BCUT2D eigenvalue weighted by Gasteiger charge is -2.12. The van der Waals surface area contributed by atoms with E-state index in [2.05, 4.69) is 23.8 Å². The lowest BCUT2D eigenvalue weighted by molar-refractivity contribution is 0.556. The van der Waals surface area contributed by atoms with Gasteiger partial charge in [0.25, 0.3) is 10.0 Å². The molecule has 5 heteroatoms. The highest BCUT2D eigenvalue weighted by molar-refractivity contribution is 7.89. The summed E-state index contributed by atoms with van der Waals surface area (Å²) in [6.45, 7) is 6.13. The fourth-order valence-electron chi connectivity index (χ4n) is 3.55. The van der Waals surface area contributed by atoms with Gasteiger partial charge in [0.15, 0.2) is 0 Å². The van der Waals surface area contributed by atoms with Crippen molar-refractivity contribution >= 4 is 15.7 Å². The molecule has 2 rings (SSSR count). The third-order valence-corrected chi connectivity index (χ3v) is 6.77. The van der Waals surface area contributed by atoms with E-state index in [1.54, 1.807) is 12.1 Å². The monoisotopic (exact) mass is 442 g/mol. The minimum absolute atomic E-state index is 0.243. The number of unbranched alkanes of at least 4 members (excludes halogenated alkanes) is 9. The summed E-state index contributed by atoms with van der Waals surface area (Å²) in [6, 6.07) is 16.6. The Morgan fingerprint density at radius 2 is 1.32 bits per heavy atom. The van der Waals surface area contributed by atoms with Gasteiger partial charge in [-0.15, -0.1) is 4.83 Å². The van der Waals surface area contributed by atoms with E-state index in [0.29, 0.717) is 5.70 Å². The van der Waals surface area contributed by atoms with Crippen LogP contribution in [0.15, 0.2) is 66.1 Å². The van der Waals surface area contributed by atoms with Gasteiger partial charge in [-0.25, -0.2) is 8.42 Å². The Morgan fingerprint density at radius 1 is 0.774 bits per heavy atom. The Kier molecular flexibility index (Phi) is 11.4. The van der Waals surface area contributed by atoms with E-state index in [-0.39, 0.29) is 4.90 Å². The third kappa shape index (κ3) is 9.70. The zero-order valence-electron chi connectivity index (χ0n) is 18.9. The number of sulfonamides is 1. The lowest BCUT2D eigenvalue weighted by atomic mass is 10.0. The second-order valence-electron chi connectivity index (χ2n) is 8.15. The van der Waals surface area contributed by atoms with Gasteiger partial charge in [-0.1, -0.05) is 114 Å². The van der Waals surface area contributed by atoms with Crippen molar-refractivity contribution in [3.05, 3.63) is 72.3 Å². The number of rotatable bonds is 16. The highest BCUT2D eigenvalue weighted by Gasteiger charge is 2.14. The van der Waals surface area contributed by atoms with Crippen LogP contribution in [0.1, 0.15) is 82.3 Å². The molecule has 31 heavy (non-hydrogen) atoms. The van der Waals surface area contributed by atoms with E-state index in [1.807, 2.05) is 42.5 Å². The molecule has 0 saturated heterocycles. The molecule has 0 aliphatic heterocycles. The second kappa shape index (κ2) is 14.0. The molecule has 0 spiro atoms. The molecule has 0 amide bonds. The van der Waals surface area contributed by atoms with Gasteiger partial charge in [-0.05, 0) is 36.1 Å². The maximum atomic E-state index is 12.5. The maximum Gasteiger partial charge on any atom is 0.257 e. The topological polar surface area (TPSA) is 58.2 Å². The van der Waals surface area contributed by atoms with Crippen LogP contribution in [0.5, 0.6) is 0 Å². The summed E-state index contributed by atoms with van der Waals surface area (Å²) in [5.41, 5.74) is 5.21. The van der Waals surface area contributed by atoms with Crippen molar-refractivity contribution in [2.45, 2.75) is 82.4 Å². The first-order chi connectivity index (χ1) is 15.0. The number of hydrogen-bond acceptors (Lipinski definition) is 3. The first kappa shape index (κ1) is 25.2. The van der Waals surface area contributed by atoms with Crippen LogP contribution in [0.4, 0.5) is 0 Å². The van der Waals surface area contributed by atoms with Crippen molar-refractivity contribution in [2.24, 2.45) is 0 Å².